The zero-order valence-electron chi connectivity index (χ0n) is 17.8. The van der Waals surface area contributed by atoms with Gasteiger partial charge in [0.25, 0.3) is 0 Å². The van der Waals surface area contributed by atoms with Gasteiger partial charge in [-0.3, -0.25) is 5.32 Å². The van der Waals surface area contributed by atoms with Crippen molar-refractivity contribution < 1.29 is 18.9 Å². The number of benzene rings is 1. The van der Waals surface area contributed by atoms with Crippen molar-refractivity contribution in [1.82, 2.24) is 5.32 Å². The second kappa shape index (κ2) is 10.3. The molecular formula is C22H37NO4. The zero-order valence-corrected chi connectivity index (χ0v) is 17.8. The average Bonchev–Trinajstić information content (AvgIpc) is 2.97. The summed E-state index contributed by atoms with van der Waals surface area (Å²) < 4.78 is 22.3. The van der Waals surface area contributed by atoms with Crippen LogP contribution in [-0.4, -0.2) is 45.8 Å². The Morgan fingerprint density at radius 1 is 1.19 bits per heavy atom. The van der Waals surface area contributed by atoms with E-state index in [0.717, 1.165) is 37.4 Å². The summed E-state index contributed by atoms with van der Waals surface area (Å²) >= 11 is 0. The van der Waals surface area contributed by atoms with Crippen LogP contribution in [0, 0.1) is 11.8 Å². The molecule has 1 saturated heterocycles. The van der Waals surface area contributed by atoms with Crippen LogP contribution in [0.2, 0.25) is 0 Å². The molecule has 5 heteroatoms. The monoisotopic (exact) mass is 379 g/mol. The first kappa shape index (κ1) is 22.0. The minimum absolute atomic E-state index is 0.213. The Morgan fingerprint density at radius 3 is 2.56 bits per heavy atom. The summed E-state index contributed by atoms with van der Waals surface area (Å²) in [6, 6.07) is 6.70. The van der Waals surface area contributed by atoms with Gasteiger partial charge in [0.15, 0.2) is 11.5 Å². The van der Waals surface area contributed by atoms with Gasteiger partial charge in [-0.15, -0.1) is 0 Å². The van der Waals surface area contributed by atoms with Crippen molar-refractivity contribution >= 4 is 0 Å². The lowest BCUT2D eigenvalue weighted by atomic mass is 9.84. The molecule has 5 nitrogen and oxygen atoms in total. The third kappa shape index (κ3) is 6.98. The first-order valence-electron chi connectivity index (χ1n) is 10.0. The maximum atomic E-state index is 5.94. The molecule has 1 aliphatic rings. The molecule has 0 bridgehead atoms. The molecule has 0 spiro atoms. The van der Waals surface area contributed by atoms with Crippen LogP contribution in [0.5, 0.6) is 11.5 Å². The Bertz CT molecular complexity index is 573. The maximum Gasteiger partial charge on any atom is 0.161 e. The molecule has 1 aliphatic heterocycles. The number of nitrogens with one attached hydrogen (secondary N) is 1. The molecule has 0 aliphatic carbocycles. The molecule has 2 atom stereocenters. The van der Waals surface area contributed by atoms with Crippen LogP contribution >= 0.6 is 0 Å². The predicted octanol–water partition coefficient (Wildman–Crippen LogP) is 4.04. The molecule has 1 heterocycles. The van der Waals surface area contributed by atoms with E-state index in [1.807, 2.05) is 6.07 Å². The van der Waals surface area contributed by atoms with Gasteiger partial charge >= 0.3 is 0 Å². The van der Waals surface area contributed by atoms with E-state index in [-0.39, 0.29) is 5.72 Å². The van der Waals surface area contributed by atoms with E-state index in [1.54, 1.807) is 14.2 Å². The predicted molar refractivity (Wildman–Crippen MR) is 109 cm³/mol. The normalized spacial score (nSPS) is 20.0. The van der Waals surface area contributed by atoms with Gasteiger partial charge in [-0.1, -0.05) is 19.9 Å². The van der Waals surface area contributed by atoms with Gasteiger partial charge < -0.3 is 18.9 Å². The molecule has 1 N–H and O–H groups in total. The number of hydrogen-bond acceptors (Lipinski definition) is 5. The van der Waals surface area contributed by atoms with Crippen LogP contribution in [0.25, 0.3) is 0 Å². The molecular weight excluding hydrogens is 342 g/mol. The fourth-order valence-electron chi connectivity index (χ4n) is 3.62. The summed E-state index contributed by atoms with van der Waals surface area (Å²) in [5.74, 6) is 2.78. The lowest BCUT2D eigenvalue weighted by Crippen LogP contribution is -2.39. The Kier molecular flexibility index (Phi) is 8.39. The van der Waals surface area contributed by atoms with E-state index >= 15 is 0 Å². The number of rotatable bonds is 11. The standard InChI is InChI=1S/C22H37NO4/c1-16(2)18(14-19-15-27-22(3,4)23-19)12-17-8-9-20(25-6)21(13-17)26-11-7-10-24-5/h8-9,13,16,18-19,23H,7,10-12,14-15H2,1-6H3/t18-,19?/m0/s1. The fourth-order valence-corrected chi connectivity index (χ4v) is 3.62. The van der Waals surface area contributed by atoms with Crippen molar-refractivity contribution in [2.45, 2.75) is 58.7 Å². The lowest BCUT2D eigenvalue weighted by molar-refractivity contribution is 0.0230. The number of hydrogen-bond donors (Lipinski definition) is 1. The summed E-state index contributed by atoms with van der Waals surface area (Å²) in [7, 11) is 3.39. The second-order valence-electron chi connectivity index (χ2n) is 8.29. The quantitative estimate of drug-likeness (QED) is 0.588. The van der Waals surface area contributed by atoms with Crippen LogP contribution in [-0.2, 0) is 15.9 Å². The fraction of sp³-hybridized carbons (Fsp3) is 0.727. The van der Waals surface area contributed by atoms with Crippen molar-refractivity contribution in [2.24, 2.45) is 11.8 Å². The zero-order chi connectivity index (χ0) is 19.9. The second-order valence-corrected chi connectivity index (χ2v) is 8.29. The van der Waals surface area contributed by atoms with Gasteiger partial charge in [-0.2, -0.15) is 0 Å². The number of ether oxygens (including phenoxy) is 4. The van der Waals surface area contributed by atoms with Crippen LogP contribution in [0.4, 0.5) is 0 Å². The van der Waals surface area contributed by atoms with Gasteiger partial charge in [-0.05, 0) is 56.2 Å². The van der Waals surface area contributed by atoms with E-state index in [9.17, 15) is 0 Å². The highest BCUT2D eigenvalue weighted by Gasteiger charge is 2.32. The van der Waals surface area contributed by atoms with Crippen molar-refractivity contribution in [3.63, 3.8) is 0 Å². The smallest absolute Gasteiger partial charge is 0.161 e. The van der Waals surface area contributed by atoms with Crippen LogP contribution in [0.3, 0.4) is 0 Å². The maximum absolute atomic E-state index is 5.94. The highest BCUT2D eigenvalue weighted by Crippen LogP contribution is 2.32. The molecule has 0 radical (unpaired) electrons. The van der Waals surface area contributed by atoms with Crippen LogP contribution in [0.1, 0.15) is 46.1 Å². The minimum atomic E-state index is -0.213. The SMILES string of the molecule is COCCCOc1cc(C[C@@H](CC2COC(C)(C)N2)C(C)C)ccc1OC. The molecule has 1 unspecified atom stereocenters. The Morgan fingerprint density at radius 2 is 1.96 bits per heavy atom. The molecule has 0 amide bonds. The molecule has 1 fully saturated rings. The first-order chi connectivity index (χ1) is 12.8. The van der Waals surface area contributed by atoms with Gasteiger partial charge in [0, 0.05) is 26.2 Å². The topological polar surface area (TPSA) is 49.0 Å². The molecule has 0 saturated carbocycles. The van der Waals surface area contributed by atoms with Gasteiger partial charge in [-0.25, -0.2) is 0 Å². The minimum Gasteiger partial charge on any atom is -0.493 e. The molecule has 154 valence electrons. The summed E-state index contributed by atoms with van der Waals surface area (Å²) in [4.78, 5) is 0. The van der Waals surface area contributed by atoms with Crippen molar-refractivity contribution in [3.05, 3.63) is 23.8 Å². The Balaban J connectivity index is 2.01. The molecule has 1 aromatic carbocycles. The van der Waals surface area contributed by atoms with E-state index in [4.69, 9.17) is 18.9 Å². The third-order valence-electron chi connectivity index (χ3n) is 5.20. The van der Waals surface area contributed by atoms with Crippen molar-refractivity contribution in [2.75, 3.05) is 34.0 Å². The average molecular weight is 380 g/mol. The Hall–Kier alpha value is -1.30. The summed E-state index contributed by atoms with van der Waals surface area (Å²) in [6.07, 6.45) is 2.99. The van der Waals surface area contributed by atoms with Gasteiger partial charge in [0.05, 0.1) is 20.3 Å². The van der Waals surface area contributed by atoms with E-state index < -0.39 is 0 Å². The van der Waals surface area contributed by atoms with Crippen LogP contribution < -0.4 is 14.8 Å². The molecule has 1 aromatic rings. The Labute approximate surface area is 164 Å². The third-order valence-corrected chi connectivity index (χ3v) is 5.20. The number of methoxy groups -OCH3 is 2. The summed E-state index contributed by atoms with van der Waals surface area (Å²) in [6.45, 7) is 10.9. The van der Waals surface area contributed by atoms with E-state index in [0.29, 0.717) is 31.1 Å². The van der Waals surface area contributed by atoms with Crippen LogP contribution in [0.15, 0.2) is 18.2 Å². The van der Waals surface area contributed by atoms with Gasteiger partial charge in [0.1, 0.15) is 5.72 Å². The largest absolute Gasteiger partial charge is 0.493 e. The van der Waals surface area contributed by atoms with Crippen molar-refractivity contribution in [1.29, 1.82) is 0 Å². The first-order valence-corrected chi connectivity index (χ1v) is 10.0. The van der Waals surface area contributed by atoms with E-state index in [1.165, 1.54) is 5.56 Å². The summed E-state index contributed by atoms with van der Waals surface area (Å²) in [5, 5.41) is 3.59. The molecule has 0 aromatic heterocycles. The lowest BCUT2D eigenvalue weighted by Gasteiger charge is -2.25. The highest BCUT2D eigenvalue weighted by atomic mass is 16.5. The van der Waals surface area contributed by atoms with Crippen molar-refractivity contribution in [3.8, 4) is 11.5 Å². The molecule has 2 rings (SSSR count). The molecule has 27 heavy (non-hydrogen) atoms. The van der Waals surface area contributed by atoms with E-state index in [2.05, 4.69) is 45.1 Å². The summed E-state index contributed by atoms with van der Waals surface area (Å²) in [5.41, 5.74) is 1.07. The van der Waals surface area contributed by atoms with Gasteiger partial charge in [0.2, 0.25) is 0 Å². The highest BCUT2D eigenvalue weighted by molar-refractivity contribution is 5.43.